The third kappa shape index (κ3) is 2.11. The highest BCUT2D eigenvalue weighted by atomic mass is 16.5. The highest BCUT2D eigenvalue weighted by molar-refractivity contribution is 5.92. The molecule has 3 heteroatoms. The van der Waals surface area contributed by atoms with Crippen LogP contribution in [0.1, 0.15) is 38.5 Å². The van der Waals surface area contributed by atoms with Gasteiger partial charge in [0.15, 0.2) is 0 Å². The number of ether oxygens (including phenoxy) is 2. The van der Waals surface area contributed by atoms with Crippen LogP contribution in [-0.2, 0) is 4.79 Å². The van der Waals surface area contributed by atoms with E-state index in [1.807, 2.05) is 24.3 Å². The number of carbonyl (C=O) groups is 1. The van der Waals surface area contributed by atoms with E-state index in [4.69, 9.17) is 9.47 Å². The highest BCUT2D eigenvalue weighted by Gasteiger charge is 2.56. The molecule has 0 saturated heterocycles. The molecule has 1 aromatic carbocycles. The van der Waals surface area contributed by atoms with Crippen molar-refractivity contribution in [1.82, 2.24) is 0 Å². The molecule has 1 aromatic rings. The van der Waals surface area contributed by atoms with Gasteiger partial charge < -0.3 is 9.47 Å². The van der Waals surface area contributed by atoms with Crippen molar-refractivity contribution in [2.24, 2.45) is 5.41 Å². The van der Waals surface area contributed by atoms with Gasteiger partial charge in [-0.3, -0.25) is 4.79 Å². The second-order valence-corrected chi connectivity index (χ2v) is 5.63. The lowest BCUT2D eigenvalue weighted by molar-refractivity contribution is -0.156. The molecule has 2 fully saturated rings. The Morgan fingerprint density at radius 1 is 1.16 bits per heavy atom. The van der Waals surface area contributed by atoms with Gasteiger partial charge in [0.25, 0.3) is 0 Å². The van der Waals surface area contributed by atoms with Gasteiger partial charge in [0.1, 0.15) is 23.4 Å². The van der Waals surface area contributed by atoms with E-state index in [1.54, 1.807) is 7.11 Å². The Kier molecular flexibility index (Phi) is 3.21. The third-order valence-electron chi connectivity index (χ3n) is 4.61. The fourth-order valence-corrected chi connectivity index (χ4v) is 3.39. The van der Waals surface area contributed by atoms with E-state index in [-0.39, 0.29) is 11.5 Å². The minimum Gasteiger partial charge on any atom is -0.497 e. The molecule has 0 heterocycles. The number of carbonyl (C=O) groups excluding carboxylic acids is 1. The van der Waals surface area contributed by atoms with Crippen LogP contribution in [-0.4, -0.2) is 19.0 Å². The fourth-order valence-electron chi connectivity index (χ4n) is 3.39. The van der Waals surface area contributed by atoms with Crippen LogP contribution in [0.5, 0.6) is 11.5 Å². The van der Waals surface area contributed by atoms with E-state index in [1.165, 1.54) is 6.42 Å². The summed E-state index contributed by atoms with van der Waals surface area (Å²) >= 11 is 0. The van der Waals surface area contributed by atoms with E-state index in [0.717, 1.165) is 37.2 Å². The summed E-state index contributed by atoms with van der Waals surface area (Å²) in [4.78, 5) is 12.0. The summed E-state index contributed by atoms with van der Waals surface area (Å²) in [5.74, 6) is 2.00. The fraction of sp³-hybridized carbons (Fsp3) is 0.562. The van der Waals surface area contributed by atoms with Crippen molar-refractivity contribution in [2.75, 3.05) is 7.11 Å². The minimum atomic E-state index is -0.179. The van der Waals surface area contributed by atoms with Gasteiger partial charge in [-0.2, -0.15) is 0 Å². The van der Waals surface area contributed by atoms with Crippen LogP contribution in [0.15, 0.2) is 24.3 Å². The van der Waals surface area contributed by atoms with Crippen LogP contribution in [0.2, 0.25) is 0 Å². The molecule has 0 radical (unpaired) electrons. The van der Waals surface area contributed by atoms with Gasteiger partial charge >= 0.3 is 0 Å². The van der Waals surface area contributed by atoms with Crippen molar-refractivity contribution >= 4 is 5.78 Å². The number of Topliss-reactive ketones (excluding diaryl/α,β-unsaturated/α-hetero) is 1. The highest BCUT2D eigenvalue weighted by Crippen LogP contribution is 2.50. The SMILES string of the molecule is COc1cccc(OC2CC(=O)C23CCCCC3)c1. The zero-order chi connectivity index (χ0) is 13.3. The Labute approximate surface area is 113 Å². The predicted octanol–water partition coefficient (Wildman–Crippen LogP) is 3.37. The summed E-state index contributed by atoms with van der Waals surface area (Å²) < 4.78 is 11.3. The number of methoxy groups -OCH3 is 1. The van der Waals surface area contributed by atoms with Crippen molar-refractivity contribution < 1.29 is 14.3 Å². The van der Waals surface area contributed by atoms with E-state index in [0.29, 0.717) is 12.2 Å². The van der Waals surface area contributed by atoms with Crippen LogP contribution in [0.4, 0.5) is 0 Å². The first kappa shape index (κ1) is 12.5. The minimum absolute atomic E-state index is 0.0624. The Balaban J connectivity index is 1.74. The van der Waals surface area contributed by atoms with Crippen LogP contribution in [0, 0.1) is 5.41 Å². The molecule has 0 bridgehead atoms. The van der Waals surface area contributed by atoms with Gasteiger partial charge in [0.05, 0.1) is 12.5 Å². The average molecular weight is 260 g/mol. The van der Waals surface area contributed by atoms with Crippen LogP contribution >= 0.6 is 0 Å². The predicted molar refractivity (Wildman–Crippen MR) is 72.6 cm³/mol. The Hall–Kier alpha value is -1.51. The molecule has 2 aliphatic rings. The smallest absolute Gasteiger partial charge is 0.146 e. The molecule has 19 heavy (non-hydrogen) atoms. The number of rotatable bonds is 3. The summed E-state index contributed by atoms with van der Waals surface area (Å²) in [6.45, 7) is 0. The number of ketones is 1. The molecule has 0 N–H and O–H groups in total. The Bertz CT molecular complexity index is 475. The zero-order valence-electron chi connectivity index (χ0n) is 11.4. The maximum atomic E-state index is 12.0. The molecule has 102 valence electrons. The third-order valence-corrected chi connectivity index (χ3v) is 4.61. The largest absolute Gasteiger partial charge is 0.497 e. The summed E-state index contributed by atoms with van der Waals surface area (Å²) in [6.07, 6.45) is 6.19. The van der Waals surface area contributed by atoms with Crippen LogP contribution < -0.4 is 9.47 Å². The Morgan fingerprint density at radius 3 is 2.58 bits per heavy atom. The van der Waals surface area contributed by atoms with E-state index in [2.05, 4.69) is 0 Å². The Morgan fingerprint density at radius 2 is 1.89 bits per heavy atom. The first-order valence-corrected chi connectivity index (χ1v) is 7.09. The molecule has 0 aliphatic heterocycles. The normalized spacial score (nSPS) is 24.9. The first-order valence-electron chi connectivity index (χ1n) is 7.09. The van der Waals surface area contributed by atoms with Crippen molar-refractivity contribution in [2.45, 2.75) is 44.6 Å². The molecular formula is C16H20O3. The second-order valence-electron chi connectivity index (χ2n) is 5.63. The molecule has 0 amide bonds. The van der Waals surface area contributed by atoms with Gasteiger partial charge in [0.2, 0.25) is 0 Å². The molecule has 3 nitrogen and oxygen atoms in total. The lowest BCUT2D eigenvalue weighted by atomic mass is 9.57. The lowest BCUT2D eigenvalue weighted by Crippen LogP contribution is -2.57. The summed E-state index contributed by atoms with van der Waals surface area (Å²) in [5, 5.41) is 0. The van der Waals surface area contributed by atoms with E-state index < -0.39 is 0 Å². The van der Waals surface area contributed by atoms with Gasteiger partial charge in [0, 0.05) is 12.5 Å². The van der Waals surface area contributed by atoms with Gasteiger partial charge in [-0.1, -0.05) is 25.3 Å². The molecule has 2 aliphatic carbocycles. The number of hydrogen-bond acceptors (Lipinski definition) is 3. The maximum absolute atomic E-state index is 12.0. The van der Waals surface area contributed by atoms with Crippen molar-refractivity contribution in [3.8, 4) is 11.5 Å². The van der Waals surface area contributed by atoms with Gasteiger partial charge in [-0.25, -0.2) is 0 Å². The van der Waals surface area contributed by atoms with E-state index >= 15 is 0 Å². The lowest BCUT2D eigenvalue weighted by Gasteiger charge is -2.49. The summed E-state index contributed by atoms with van der Waals surface area (Å²) in [6, 6.07) is 7.64. The topological polar surface area (TPSA) is 35.5 Å². The monoisotopic (exact) mass is 260 g/mol. The molecule has 3 rings (SSSR count). The second kappa shape index (κ2) is 4.87. The molecular weight excluding hydrogens is 240 g/mol. The van der Waals surface area contributed by atoms with Crippen molar-refractivity contribution in [3.05, 3.63) is 24.3 Å². The molecule has 1 spiro atoms. The average Bonchev–Trinajstić information content (AvgIpc) is 2.48. The quantitative estimate of drug-likeness (QED) is 0.836. The molecule has 1 unspecified atom stereocenters. The molecule has 2 saturated carbocycles. The standard InChI is InChI=1S/C16H20O3/c1-18-12-6-5-7-13(10-12)19-15-11-14(17)16(15)8-3-2-4-9-16/h5-7,10,15H,2-4,8-9,11H2,1H3. The number of hydrogen-bond donors (Lipinski definition) is 0. The van der Waals surface area contributed by atoms with Crippen molar-refractivity contribution in [3.63, 3.8) is 0 Å². The number of benzene rings is 1. The van der Waals surface area contributed by atoms with E-state index in [9.17, 15) is 4.79 Å². The first-order chi connectivity index (χ1) is 9.24. The van der Waals surface area contributed by atoms with Crippen LogP contribution in [0.25, 0.3) is 0 Å². The molecule has 0 aromatic heterocycles. The maximum Gasteiger partial charge on any atom is 0.146 e. The van der Waals surface area contributed by atoms with Gasteiger partial charge in [-0.05, 0) is 25.0 Å². The molecule has 1 atom stereocenters. The van der Waals surface area contributed by atoms with Gasteiger partial charge in [-0.15, -0.1) is 0 Å². The van der Waals surface area contributed by atoms with Crippen LogP contribution in [0.3, 0.4) is 0 Å². The summed E-state index contributed by atoms with van der Waals surface area (Å²) in [7, 11) is 1.65. The summed E-state index contributed by atoms with van der Waals surface area (Å²) in [5.41, 5.74) is -0.179. The van der Waals surface area contributed by atoms with Crippen molar-refractivity contribution in [1.29, 1.82) is 0 Å². The zero-order valence-corrected chi connectivity index (χ0v) is 11.4.